The second-order valence-corrected chi connectivity index (χ2v) is 7.25. The Balaban J connectivity index is 3.19. The van der Waals surface area contributed by atoms with Crippen LogP contribution in [0.3, 0.4) is 0 Å². The van der Waals surface area contributed by atoms with Crippen molar-refractivity contribution < 1.29 is 8.42 Å². The standard InChI is InChI=1S/C15H23ClN2O2S/c1-5-17-10-13-7-8-14(16)15(9-13)21(19,20)18(6-2)11-12(3)4/h7-9,17H,3,5-6,10-11H2,1-2,4H3. The van der Waals surface area contributed by atoms with Gasteiger partial charge in [-0.1, -0.05) is 43.7 Å². The third kappa shape index (κ3) is 4.81. The first-order chi connectivity index (χ1) is 9.82. The fourth-order valence-electron chi connectivity index (χ4n) is 1.93. The number of likely N-dealkylation sites (N-methyl/N-ethyl adjacent to an activating group) is 1. The second kappa shape index (κ2) is 7.94. The van der Waals surface area contributed by atoms with Crippen molar-refractivity contribution in [2.75, 3.05) is 19.6 Å². The van der Waals surface area contributed by atoms with E-state index >= 15 is 0 Å². The van der Waals surface area contributed by atoms with Crippen molar-refractivity contribution in [1.29, 1.82) is 0 Å². The van der Waals surface area contributed by atoms with E-state index in [-0.39, 0.29) is 9.92 Å². The van der Waals surface area contributed by atoms with Crippen molar-refractivity contribution in [3.05, 3.63) is 40.9 Å². The lowest BCUT2D eigenvalue weighted by Gasteiger charge is -2.21. The largest absolute Gasteiger partial charge is 0.313 e. The first-order valence-electron chi connectivity index (χ1n) is 6.96. The molecule has 1 aromatic carbocycles. The summed E-state index contributed by atoms with van der Waals surface area (Å²) in [5.74, 6) is 0. The van der Waals surface area contributed by atoms with Gasteiger partial charge in [0, 0.05) is 19.6 Å². The Morgan fingerprint density at radius 3 is 2.57 bits per heavy atom. The maximum absolute atomic E-state index is 12.7. The number of nitrogens with zero attached hydrogens (tertiary/aromatic N) is 1. The zero-order valence-corrected chi connectivity index (χ0v) is 14.4. The zero-order chi connectivity index (χ0) is 16.0. The molecule has 0 radical (unpaired) electrons. The first-order valence-corrected chi connectivity index (χ1v) is 8.78. The van der Waals surface area contributed by atoms with Gasteiger partial charge in [-0.05, 0) is 31.2 Å². The van der Waals surface area contributed by atoms with Crippen molar-refractivity contribution in [3.63, 3.8) is 0 Å². The highest BCUT2D eigenvalue weighted by molar-refractivity contribution is 7.89. The summed E-state index contributed by atoms with van der Waals surface area (Å²) in [6, 6.07) is 5.11. The molecule has 0 aliphatic carbocycles. The molecule has 1 aromatic rings. The average molecular weight is 331 g/mol. The van der Waals surface area contributed by atoms with Crippen LogP contribution >= 0.6 is 11.6 Å². The fraction of sp³-hybridized carbons (Fsp3) is 0.467. The van der Waals surface area contributed by atoms with Crippen LogP contribution in [0.2, 0.25) is 5.02 Å². The number of hydrogen-bond donors (Lipinski definition) is 1. The van der Waals surface area contributed by atoms with Crippen LogP contribution in [0.4, 0.5) is 0 Å². The summed E-state index contributed by atoms with van der Waals surface area (Å²) in [5.41, 5.74) is 1.69. The number of sulfonamides is 1. The minimum absolute atomic E-state index is 0.155. The van der Waals surface area contributed by atoms with Crippen LogP contribution < -0.4 is 5.32 Å². The van der Waals surface area contributed by atoms with Crippen LogP contribution in [0.15, 0.2) is 35.2 Å². The Kier molecular flexibility index (Phi) is 6.87. The second-order valence-electron chi connectivity index (χ2n) is 4.93. The molecule has 0 aliphatic heterocycles. The molecule has 0 atom stereocenters. The molecule has 0 bridgehead atoms. The van der Waals surface area contributed by atoms with Gasteiger partial charge in [-0.15, -0.1) is 0 Å². The van der Waals surface area contributed by atoms with Gasteiger partial charge in [-0.25, -0.2) is 8.42 Å². The first kappa shape index (κ1) is 18.2. The van der Waals surface area contributed by atoms with Crippen molar-refractivity contribution in [3.8, 4) is 0 Å². The summed E-state index contributed by atoms with van der Waals surface area (Å²) in [6.45, 7) is 11.5. The van der Waals surface area contributed by atoms with E-state index in [1.165, 1.54) is 4.31 Å². The van der Waals surface area contributed by atoms with Crippen LogP contribution in [0.5, 0.6) is 0 Å². The Morgan fingerprint density at radius 1 is 1.38 bits per heavy atom. The molecule has 0 spiro atoms. The number of benzene rings is 1. The van der Waals surface area contributed by atoms with Crippen molar-refractivity contribution in [2.45, 2.75) is 32.2 Å². The smallest absolute Gasteiger partial charge is 0.244 e. The predicted molar refractivity (Wildman–Crippen MR) is 88.1 cm³/mol. The Labute approximate surface area is 132 Å². The highest BCUT2D eigenvalue weighted by Crippen LogP contribution is 2.26. The number of halogens is 1. The molecule has 0 amide bonds. The lowest BCUT2D eigenvalue weighted by molar-refractivity contribution is 0.453. The lowest BCUT2D eigenvalue weighted by atomic mass is 10.2. The van der Waals surface area contributed by atoms with Gasteiger partial charge in [0.1, 0.15) is 4.90 Å². The average Bonchev–Trinajstić information content (AvgIpc) is 2.43. The molecular weight excluding hydrogens is 308 g/mol. The van der Waals surface area contributed by atoms with Crippen LogP contribution in [0, 0.1) is 0 Å². The fourth-order valence-corrected chi connectivity index (χ4v) is 3.96. The van der Waals surface area contributed by atoms with Gasteiger partial charge in [0.2, 0.25) is 10.0 Å². The van der Waals surface area contributed by atoms with E-state index in [9.17, 15) is 8.42 Å². The van der Waals surface area contributed by atoms with E-state index in [0.717, 1.165) is 17.7 Å². The van der Waals surface area contributed by atoms with E-state index in [2.05, 4.69) is 11.9 Å². The van der Waals surface area contributed by atoms with E-state index in [1.54, 1.807) is 26.0 Å². The summed E-state index contributed by atoms with van der Waals surface area (Å²) in [5, 5.41) is 3.42. The maximum atomic E-state index is 12.7. The van der Waals surface area contributed by atoms with Crippen LogP contribution in [-0.2, 0) is 16.6 Å². The SMILES string of the molecule is C=C(C)CN(CC)S(=O)(=O)c1cc(CNCC)ccc1Cl. The number of nitrogens with one attached hydrogen (secondary N) is 1. The van der Waals surface area contributed by atoms with Gasteiger partial charge in [-0.3, -0.25) is 0 Å². The minimum Gasteiger partial charge on any atom is -0.313 e. The van der Waals surface area contributed by atoms with Crippen LogP contribution in [-0.4, -0.2) is 32.4 Å². The van der Waals surface area contributed by atoms with Crippen molar-refractivity contribution in [2.24, 2.45) is 0 Å². The molecule has 1 rings (SSSR count). The summed E-state index contributed by atoms with van der Waals surface area (Å²) in [7, 11) is -3.61. The highest BCUT2D eigenvalue weighted by atomic mass is 35.5. The third-order valence-electron chi connectivity index (χ3n) is 2.99. The molecule has 6 heteroatoms. The Bertz CT molecular complexity index is 600. The van der Waals surface area contributed by atoms with Crippen molar-refractivity contribution in [1.82, 2.24) is 9.62 Å². The van der Waals surface area contributed by atoms with Gasteiger partial charge in [0.25, 0.3) is 0 Å². The molecule has 0 unspecified atom stereocenters. The van der Waals surface area contributed by atoms with Gasteiger partial charge in [0.05, 0.1) is 5.02 Å². The minimum atomic E-state index is -3.61. The van der Waals surface area contributed by atoms with E-state index < -0.39 is 10.0 Å². The van der Waals surface area contributed by atoms with E-state index in [0.29, 0.717) is 19.6 Å². The molecule has 0 fully saturated rings. The molecule has 0 saturated heterocycles. The molecule has 1 N–H and O–H groups in total. The summed E-state index contributed by atoms with van der Waals surface area (Å²) in [6.07, 6.45) is 0. The van der Waals surface area contributed by atoms with Crippen molar-refractivity contribution >= 4 is 21.6 Å². The van der Waals surface area contributed by atoms with Gasteiger partial charge >= 0.3 is 0 Å². The normalized spacial score (nSPS) is 11.9. The maximum Gasteiger partial charge on any atom is 0.244 e. The molecule has 4 nitrogen and oxygen atoms in total. The highest BCUT2D eigenvalue weighted by Gasteiger charge is 2.25. The molecule has 0 saturated carbocycles. The molecule has 0 aromatic heterocycles. The summed E-state index contributed by atoms with van der Waals surface area (Å²) < 4.78 is 26.8. The molecule has 21 heavy (non-hydrogen) atoms. The lowest BCUT2D eigenvalue weighted by Crippen LogP contribution is -2.32. The monoisotopic (exact) mass is 330 g/mol. The quantitative estimate of drug-likeness (QED) is 0.745. The van der Waals surface area contributed by atoms with E-state index in [4.69, 9.17) is 11.6 Å². The molecule has 0 heterocycles. The predicted octanol–water partition coefficient (Wildman–Crippen LogP) is 3.04. The number of rotatable bonds is 8. The Morgan fingerprint density at radius 2 is 2.05 bits per heavy atom. The zero-order valence-electron chi connectivity index (χ0n) is 12.8. The van der Waals surface area contributed by atoms with Crippen LogP contribution in [0.25, 0.3) is 0 Å². The molecular formula is C15H23ClN2O2S. The molecule has 118 valence electrons. The van der Waals surface area contributed by atoms with E-state index in [1.807, 2.05) is 13.0 Å². The Hall–Kier alpha value is -0.880. The van der Waals surface area contributed by atoms with Gasteiger partial charge in [-0.2, -0.15) is 4.31 Å². The third-order valence-corrected chi connectivity index (χ3v) is 5.39. The van der Waals surface area contributed by atoms with Gasteiger partial charge < -0.3 is 5.32 Å². The summed E-state index contributed by atoms with van der Waals surface area (Å²) >= 11 is 6.10. The van der Waals surface area contributed by atoms with Crippen LogP contribution in [0.1, 0.15) is 26.3 Å². The number of hydrogen-bond acceptors (Lipinski definition) is 3. The topological polar surface area (TPSA) is 49.4 Å². The molecule has 0 aliphatic rings. The summed E-state index contributed by atoms with van der Waals surface area (Å²) in [4.78, 5) is 0.155. The van der Waals surface area contributed by atoms with Gasteiger partial charge in [0.15, 0.2) is 0 Å².